The molecule has 8 nitrogen and oxygen atoms in total. The summed E-state index contributed by atoms with van der Waals surface area (Å²) in [5.41, 5.74) is 1.96. The van der Waals surface area contributed by atoms with Gasteiger partial charge in [0, 0.05) is 69.1 Å². The fraction of sp³-hybridized carbons (Fsp3) is 0.621. The van der Waals surface area contributed by atoms with E-state index in [9.17, 15) is 9.59 Å². The molecule has 3 fully saturated rings. The topological polar surface area (TPSA) is 75.2 Å². The molecule has 0 bridgehead atoms. The number of likely N-dealkylation sites (tertiary alicyclic amines) is 1. The number of anilines is 1. The standard InChI is InChI=1S/C29H40N4O4/c1-36-25-10-9-23-19-24(29(30-26(23)20-25)32-14-16-37-17-15-32)21-33(28(35)18-22-6-2-3-7-22)13-5-12-31-11-4-8-27(31)34/h9-10,19-20,22H,2-8,11-18,21H2,1H3. The summed E-state index contributed by atoms with van der Waals surface area (Å²) in [6.07, 6.45) is 7.78. The SMILES string of the molecule is COc1ccc2cc(CN(CCCN3CCCC3=O)C(=O)CC3CCCC3)c(N3CCOCC3)nc2c1. The number of benzene rings is 1. The van der Waals surface area contributed by atoms with Gasteiger partial charge in [-0.2, -0.15) is 0 Å². The molecule has 1 aromatic carbocycles. The fourth-order valence-corrected chi connectivity index (χ4v) is 5.95. The number of nitrogens with zero attached hydrogens (tertiary/aromatic N) is 4. The van der Waals surface area contributed by atoms with Crippen molar-refractivity contribution in [2.75, 3.05) is 57.9 Å². The first kappa shape index (κ1) is 25.8. The van der Waals surface area contributed by atoms with Crippen molar-refractivity contribution < 1.29 is 19.1 Å². The number of pyridine rings is 1. The van der Waals surface area contributed by atoms with Gasteiger partial charge >= 0.3 is 0 Å². The Balaban J connectivity index is 1.40. The van der Waals surface area contributed by atoms with Crippen LogP contribution in [-0.4, -0.2) is 79.6 Å². The van der Waals surface area contributed by atoms with Crippen LogP contribution in [0.4, 0.5) is 5.82 Å². The van der Waals surface area contributed by atoms with Gasteiger partial charge in [-0.3, -0.25) is 9.59 Å². The second-order valence-electron chi connectivity index (χ2n) is 10.6. The van der Waals surface area contributed by atoms with Crippen molar-refractivity contribution in [1.29, 1.82) is 0 Å². The zero-order valence-corrected chi connectivity index (χ0v) is 22.1. The van der Waals surface area contributed by atoms with Crippen LogP contribution in [0.2, 0.25) is 0 Å². The number of hydrogen-bond donors (Lipinski definition) is 0. The highest BCUT2D eigenvalue weighted by atomic mass is 16.5. The molecule has 37 heavy (non-hydrogen) atoms. The zero-order valence-electron chi connectivity index (χ0n) is 22.1. The van der Waals surface area contributed by atoms with Gasteiger partial charge in [-0.15, -0.1) is 0 Å². The van der Waals surface area contributed by atoms with E-state index in [1.165, 1.54) is 12.8 Å². The lowest BCUT2D eigenvalue weighted by molar-refractivity contribution is -0.133. The Morgan fingerprint density at radius 2 is 1.95 bits per heavy atom. The molecule has 200 valence electrons. The smallest absolute Gasteiger partial charge is 0.223 e. The van der Waals surface area contributed by atoms with E-state index in [4.69, 9.17) is 14.5 Å². The van der Waals surface area contributed by atoms with Crippen LogP contribution in [0.15, 0.2) is 24.3 Å². The molecule has 2 amide bonds. The lowest BCUT2D eigenvalue weighted by Crippen LogP contribution is -2.39. The molecule has 3 aliphatic rings. The number of rotatable bonds is 10. The summed E-state index contributed by atoms with van der Waals surface area (Å²) in [4.78, 5) is 37.0. The third-order valence-electron chi connectivity index (χ3n) is 8.07. The van der Waals surface area contributed by atoms with Gasteiger partial charge in [0.05, 0.1) is 25.8 Å². The summed E-state index contributed by atoms with van der Waals surface area (Å²) in [5, 5.41) is 1.04. The van der Waals surface area contributed by atoms with Crippen molar-refractivity contribution in [3.8, 4) is 5.75 Å². The van der Waals surface area contributed by atoms with Crippen LogP contribution in [-0.2, 0) is 20.9 Å². The van der Waals surface area contributed by atoms with E-state index >= 15 is 0 Å². The molecule has 1 saturated carbocycles. The molecule has 0 N–H and O–H groups in total. The summed E-state index contributed by atoms with van der Waals surface area (Å²) in [6, 6.07) is 8.15. The highest BCUT2D eigenvalue weighted by molar-refractivity contribution is 5.84. The molecule has 0 atom stereocenters. The van der Waals surface area contributed by atoms with Crippen molar-refractivity contribution in [2.45, 2.75) is 57.9 Å². The van der Waals surface area contributed by atoms with Crippen molar-refractivity contribution >= 4 is 28.5 Å². The van der Waals surface area contributed by atoms with Gasteiger partial charge in [-0.05, 0) is 49.8 Å². The average Bonchev–Trinajstić information content (AvgIpc) is 3.59. The van der Waals surface area contributed by atoms with Crippen LogP contribution in [0, 0.1) is 5.92 Å². The second-order valence-corrected chi connectivity index (χ2v) is 10.6. The van der Waals surface area contributed by atoms with Gasteiger partial charge < -0.3 is 24.2 Å². The van der Waals surface area contributed by atoms with Gasteiger partial charge in [0.15, 0.2) is 0 Å². The Morgan fingerprint density at radius 1 is 1.14 bits per heavy atom. The maximum atomic E-state index is 13.6. The number of morpholine rings is 1. The highest BCUT2D eigenvalue weighted by Gasteiger charge is 2.26. The van der Waals surface area contributed by atoms with Gasteiger partial charge in [-0.25, -0.2) is 4.98 Å². The van der Waals surface area contributed by atoms with Crippen molar-refractivity contribution in [3.05, 3.63) is 29.8 Å². The number of carbonyl (C=O) groups is 2. The monoisotopic (exact) mass is 508 g/mol. The molecule has 2 saturated heterocycles. The van der Waals surface area contributed by atoms with Gasteiger partial charge in [0.1, 0.15) is 11.6 Å². The van der Waals surface area contributed by atoms with Crippen LogP contribution in [0.1, 0.15) is 56.9 Å². The molecule has 1 aromatic heterocycles. The quantitative estimate of drug-likeness (QED) is 0.483. The van der Waals surface area contributed by atoms with Crippen LogP contribution in [0.3, 0.4) is 0 Å². The number of methoxy groups -OCH3 is 1. The maximum Gasteiger partial charge on any atom is 0.223 e. The summed E-state index contributed by atoms with van der Waals surface area (Å²) < 4.78 is 11.0. The molecule has 8 heteroatoms. The van der Waals surface area contributed by atoms with Crippen LogP contribution >= 0.6 is 0 Å². The van der Waals surface area contributed by atoms with Crippen LogP contribution < -0.4 is 9.64 Å². The largest absolute Gasteiger partial charge is 0.497 e. The lowest BCUT2D eigenvalue weighted by Gasteiger charge is -2.32. The average molecular weight is 509 g/mol. The first-order chi connectivity index (χ1) is 18.1. The van der Waals surface area contributed by atoms with Gasteiger partial charge in [0.2, 0.25) is 11.8 Å². The molecule has 0 radical (unpaired) electrons. The minimum absolute atomic E-state index is 0.224. The molecule has 0 unspecified atom stereocenters. The summed E-state index contributed by atoms with van der Waals surface area (Å²) >= 11 is 0. The molecule has 2 aliphatic heterocycles. The van der Waals surface area contributed by atoms with Crippen molar-refractivity contribution in [2.24, 2.45) is 5.92 Å². The second kappa shape index (κ2) is 12.1. The van der Waals surface area contributed by atoms with Crippen molar-refractivity contribution in [1.82, 2.24) is 14.8 Å². The van der Waals surface area contributed by atoms with E-state index in [0.29, 0.717) is 45.1 Å². The molecule has 5 rings (SSSR count). The minimum Gasteiger partial charge on any atom is -0.497 e. The van der Waals surface area contributed by atoms with E-state index in [0.717, 1.165) is 79.9 Å². The van der Waals surface area contributed by atoms with Gasteiger partial charge in [-0.1, -0.05) is 12.8 Å². The Morgan fingerprint density at radius 3 is 2.68 bits per heavy atom. The normalized spacial score (nSPS) is 18.7. The fourth-order valence-electron chi connectivity index (χ4n) is 5.95. The highest BCUT2D eigenvalue weighted by Crippen LogP contribution is 2.31. The number of carbonyl (C=O) groups excluding carboxylic acids is 2. The van der Waals surface area contributed by atoms with Crippen LogP contribution in [0.25, 0.3) is 10.9 Å². The van der Waals surface area contributed by atoms with E-state index in [-0.39, 0.29) is 11.8 Å². The Hall–Kier alpha value is -2.87. The predicted molar refractivity (Wildman–Crippen MR) is 144 cm³/mol. The summed E-state index contributed by atoms with van der Waals surface area (Å²) in [5.74, 6) is 2.68. The van der Waals surface area contributed by atoms with Crippen LogP contribution in [0.5, 0.6) is 5.75 Å². The number of amides is 2. The molecule has 3 heterocycles. The van der Waals surface area contributed by atoms with E-state index in [1.54, 1.807) is 7.11 Å². The molecule has 0 spiro atoms. The molecule has 2 aromatic rings. The van der Waals surface area contributed by atoms with E-state index in [2.05, 4.69) is 11.0 Å². The third-order valence-corrected chi connectivity index (χ3v) is 8.07. The summed E-state index contributed by atoms with van der Waals surface area (Å²) in [6.45, 7) is 5.65. The molecular formula is C29H40N4O4. The number of fused-ring (bicyclic) bond motifs is 1. The van der Waals surface area contributed by atoms with Crippen molar-refractivity contribution in [3.63, 3.8) is 0 Å². The summed E-state index contributed by atoms with van der Waals surface area (Å²) in [7, 11) is 1.67. The first-order valence-electron chi connectivity index (χ1n) is 14.0. The maximum absolute atomic E-state index is 13.6. The first-order valence-corrected chi connectivity index (χ1v) is 14.0. The molecule has 1 aliphatic carbocycles. The number of aromatic nitrogens is 1. The minimum atomic E-state index is 0.224. The molecular weight excluding hydrogens is 468 g/mol. The third kappa shape index (κ3) is 6.35. The van der Waals surface area contributed by atoms with E-state index < -0.39 is 0 Å². The Kier molecular flexibility index (Phi) is 8.44. The predicted octanol–water partition coefficient (Wildman–Crippen LogP) is 4.00. The van der Waals surface area contributed by atoms with E-state index in [1.807, 2.05) is 28.0 Å². The Labute approximate surface area is 219 Å². The van der Waals surface area contributed by atoms with Gasteiger partial charge in [0.25, 0.3) is 0 Å². The number of ether oxygens (including phenoxy) is 2. The zero-order chi connectivity index (χ0) is 25.6. The lowest BCUT2D eigenvalue weighted by atomic mass is 10.0. The Bertz CT molecular complexity index is 1090. The number of hydrogen-bond acceptors (Lipinski definition) is 6.